The lowest BCUT2D eigenvalue weighted by Crippen LogP contribution is -2.46. The summed E-state index contributed by atoms with van der Waals surface area (Å²) in [5.41, 5.74) is 0. The minimum atomic E-state index is -0.779. The van der Waals surface area contributed by atoms with Crippen molar-refractivity contribution in [2.24, 2.45) is 0 Å². The number of rotatable bonds is 4. The molecule has 0 saturated carbocycles. The van der Waals surface area contributed by atoms with Crippen molar-refractivity contribution >= 4 is 23.6 Å². The molecule has 2 rings (SSSR count). The van der Waals surface area contributed by atoms with Gasteiger partial charge in [0.1, 0.15) is 12.5 Å². The zero-order chi connectivity index (χ0) is 14.2. The number of imide groups is 2. The van der Waals surface area contributed by atoms with Gasteiger partial charge in [0.05, 0.1) is 0 Å². The molecule has 7 nitrogen and oxygen atoms in total. The van der Waals surface area contributed by atoms with Gasteiger partial charge in [-0.15, -0.1) is 0 Å². The Hall–Kier alpha value is -1.76. The van der Waals surface area contributed by atoms with Crippen molar-refractivity contribution in [3.8, 4) is 0 Å². The molecule has 7 heteroatoms. The third-order valence-corrected chi connectivity index (χ3v) is 3.30. The number of likely N-dealkylation sites (tertiary alicyclic amines) is 2. The molecule has 0 bridgehead atoms. The van der Waals surface area contributed by atoms with Crippen molar-refractivity contribution in [2.75, 3.05) is 0 Å². The summed E-state index contributed by atoms with van der Waals surface area (Å²) in [7, 11) is 0. The van der Waals surface area contributed by atoms with E-state index in [4.69, 9.17) is 4.74 Å². The maximum atomic E-state index is 11.5. The molecule has 2 atom stereocenters. The monoisotopic (exact) mass is 268 g/mol. The molecule has 4 amide bonds. The molecule has 2 aliphatic rings. The highest BCUT2D eigenvalue weighted by Gasteiger charge is 2.38. The van der Waals surface area contributed by atoms with Crippen LogP contribution in [0.1, 0.15) is 39.5 Å². The Kier molecular flexibility index (Phi) is 3.66. The Morgan fingerprint density at radius 3 is 1.26 bits per heavy atom. The fourth-order valence-electron chi connectivity index (χ4n) is 2.41. The molecule has 2 unspecified atom stereocenters. The van der Waals surface area contributed by atoms with Gasteiger partial charge in [0.2, 0.25) is 23.6 Å². The van der Waals surface area contributed by atoms with E-state index >= 15 is 0 Å². The van der Waals surface area contributed by atoms with Crippen LogP contribution in [-0.2, 0) is 23.9 Å². The lowest BCUT2D eigenvalue weighted by Gasteiger charge is -2.29. The van der Waals surface area contributed by atoms with Crippen LogP contribution in [0.5, 0.6) is 0 Å². The standard InChI is InChI=1S/C12H16N2O5/c1-7(13-9(15)3-4-10(13)16)19-8(2)14-11(17)5-6-12(14)18/h7-8H,3-6H2,1-2H3. The van der Waals surface area contributed by atoms with E-state index in [0.29, 0.717) is 0 Å². The largest absolute Gasteiger partial charge is 0.335 e. The van der Waals surface area contributed by atoms with E-state index in [1.807, 2.05) is 0 Å². The third-order valence-electron chi connectivity index (χ3n) is 3.30. The molecule has 2 fully saturated rings. The molecule has 0 aromatic heterocycles. The minimum absolute atomic E-state index is 0.183. The summed E-state index contributed by atoms with van der Waals surface area (Å²) < 4.78 is 5.47. The van der Waals surface area contributed by atoms with E-state index in [1.165, 1.54) is 0 Å². The lowest BCUT2D eigenvalue weighted by atomic mass is 10.4. The topological polar surface area (TPSA) is 84.0 Å². The fourth-order valence-corrected chi connectivity index (χ4v) is 2.41. The number of hydrogen-bond acceptors (Lipinski definition) is 5. The van der Waals surface area contributed by atoms with Gasteiger partial charge in [-0.2, -0.15) is 0 Å². The van der Waals surface area contributed by atoms with Crippen LogP contribution in [-0.4, -0.2) is 45.9 Å². The summed E-state index contributed by atoms with van der Waals surface area (Å²) in [6.07, 6.45) is -0.826. The van der Waals surface area contributed by atoms with Gasteiger partial charge in [0.15, 0.2) is 0 Å². The first kappa shape index (κ1) is 13.7. The average molecular weight is 268 g/mol. The molecule has 0 radical (unpaired) electrons. The summed E-state index contributed by atoms with van der Waals surface area (Å²) in [6.45, 7) is 3.12. The van der Waals surface area contributed by atoms with Gasteiger partial charge in [-0.1, -0.05) is 0 Å². The molecular formula is C12H16N2O5. The highest BCUT2D eigenvalue weighted by atomic mass is 16.5. The van der Waals surface area contributed by atoms with Crippen molar-refractivity contribution < 1.29 is 23.9 Å². The molecule has 0 aliphatic carbocycles. The Morgan fingerprint density at radius 1 is 0.737 bits per heavy atom. The maximum absolute atomic E-state index is 11.5. The van der Waals surface area contributed by atoms with Crippen LogP contribution in [0, 0.1) is 0 Å². The van der Waals surface area contributed by atoms with Crippen molar-refractivity contribution in [3.63, 3.8) is 0 Å². The van der Waals surface area contributed by atoms with E-state index in [0.717, 1.165) is 9.80 Å². The predicted octanol–water partition coefficient (Wildman–Crippen LogP) is -0.00700. The van der Waals surface area contributed by atoms with Crippen molar-refractivity contribution in [1.82, 2.24) is 9.80 Å². The summed E-state index contributed by atoms with van der Waals surface area (Å²) in [6, 6.07) is 0. The zero-order valence-corrected chi connectivity index (χ0v) is 10.9. The van der Waals surface area contributed by atoms with Crippen LogP contribution < -0.4 is 0 Å². The summed E-state index contributed by atoms with van der Waals surface area (Å²) in [4.78, 5) is 48.2. The molecular weight excluding hydrogens is 252 g/mol. The van der Waals surface area contributed by atoms with Crippen molar-refractivity contribution in [3.05, 3.63) is 0 Å². The van der Waals surface area contributed by atoms with Gasteiger partial charge >= 0.3 is 0 Å². The first-order chi connectivity index (χ1) is 8.91. The maximum Gasteiger partial charge on any atom is 0.231 e. The number of hydrogen-bond donors (Lipinski definition) is 0. The van der Waals surface area contributed by atoms with E-state index in [1.54, 1.807) is 13.8 Å². The Bertz CT molecular complexity index is 375. The molecule has 2 heterocycles. The van der Waals surface area contributed by atoms with Crippen molar-refractivity contribution in [1.29, 1.82) is 0 Å². The summed E-state index contributed by atoms with van der Waals surface area (Å²) in [5.74, 6) is -1.15. The van der Waals surface area contributed by atoms with Gasteiger partial charge in [0, 0.05) is 25.7 Å². The van der Waals surface area contributed by atoms with Gasteiger partial charge in [-0.3, -0.25) is 29.0 Å². The number of amides is 4. The van der Waals surface area contributed by atoms with Gasteiger partial charge in [-0.05, 0) is 13.8 Å². The summed E-state index contributed by atoms with van der Waals surface area (Å²) in [5, 5.41) is 0. The molecule has 104 valence electrons. The molecule has 2 aliphatic heterocycles. The predicted molar refractivity (Wildman–Crippen MR) is 62.2 cm³/mol. The third kappa shape index (κ3) is 2.51. The van der Waals surface area contributed by atoms with E-state index in [-0.39, 0.29) is 49.3 Å². The van der Waals surface area contributed by atoms with Gasteiger partial charge < -0.3 is 4.74 Å². The second kappa shape index (κ2) is 5.08. The van der Waals surface area contributed by atoms with E-state index in [2.05, 4.69) is 0 Å². The average Bonchev–Trinajstić information content (AvgIpc) is 2.82. The molecule has 0 aromatic rings. The molecule has 0 aromatic carbocycles. The number of ether oxygens (including phenoxy) is 1. The molecule has 0 N–H and O–H groups in total. The highest BCUT2D eigenvalue weighted by molar-refractivity contribution is 6.02. The number of nitrogens with zero attached hydrogens (tertiary/aromatic N) is 2. The lowest BCUT2D eigenvalue weighted by molar-refractivity contribution is -0.173. The van der Waals surface area contributed by atoms with Crippen molar-refractivity contribution in [2.45, 2.75) is 52.0 Å². The van der Waals surface area contributed by atoms with Crippen LogP contribution in [0.25, 0.3) is 0 Å². The Balaban J connectivity index is 2.00. The van der Waals surface area contributed by atoms with Gasteiger partial charge in [0.25, 0.3) is 0 Å². The second-order valence-electron chi connectivity index (χ2n) is 4.65. The number of carbonyl (C=O) groups excluding carboxylic acids is 4. The highest BCUT2D eigenvalue weighted by Crippen LogP contribution is 2.21. The Morgan fingerprint density at radius 2 is 1.00 bits per heavy atom. The van der Waals surface area contributed by atoms with Crippen LogP contribution in [0.2, 0.25) is 0 Å². The minimum Gasteiger partial charge on any atom is -0.335 e. The molecule has 0 spiro atoms. The zero-order valence-electron chi connectivity index (χ0n) is 10.9. The SMILES string of the molecule is CC(OC(C)N1C(=O)CCC1=O)N1C(=O)CCC1=O. The first-order valence-corrected chi connectivity index (χ1v) is 6.27. The molecule has 2 saturated heterocycles. The number of carbonyl (C=O) groups is 4. The van der Waals surface area contributed by atoms with Crippen LogP contribution in [0.3, 0.4) is 0 Å². The summed E-state index contributed by atoms with van der Waals surface area (Å²) >= 11 is 0. The quantitative estimate of drug-likeness (QED) is 0.670. The first-order valence-electron chi connectivity index (χ1n) is 6.27. The smallest absolute Gasteiger partial charge is 0.231 e. The second-order valence-corrected chi connectivity index (χ2v) is 4.65. The van der Waals surface area contributed by atoms with Crippen LogP contribution in [0.15, 0.2) is 0 Å². The van der Waals surface area contributed by atoms with Gasteiger partial charge in [-0.25, -0.2) is 0 Å². The normalized spacial score (nSPS) is 23.5. The Labute approximate surface area is 110 Å². The molecule has 19 heavy (non-hydrogen) atoms. The van der Waals surface area contributed by atoms with E-state index in [9.17, 15) is 19.2 Å². The van der Waals surface area contributed by atoms with Crippen LogP contribution in [0.4, 0.5) is 0 Å². The van der Waals surface area contributed by atoms with Crippen LogP contribution >= 0.6 is 0 Å². The van der Waals surface area contributed by atoms with E-state index < -0.39 is 12.5 Å². The fraction of sp³-hybridized carbons (Fsp3) is 0.667.